The van der Waals surface area contributed by atoms with Crippen LogP contribution in [0.5, 0.6) is 0 Å². The summed E-state index contributed by atoms with van der Waals surface area (Å²) < 4.78 is 0. The highest BCUT2D eigenvalue weighted by Gasteiger charge is 2.28. The van der Waals surface area contributed by atoms with E-state index in [1.165, 1.54) is 21.7 Å². The summed E-state index contributed by atoms with van der Waals surface area (Å²) in [5.41, 5.74) is 3.24. The number of benzene rings is 1. The number of rotatable bonds is 7. The maximum atomic E-state index is 13.7. The van der Waals surface area contributed by atoms with Crippen molar-refractivity contribution in [3.05, 3.63) is 78.0 Å². The van der Waals surface area contributed by atoms with E-state index in [2.05, 4.69) is 30.2 Å². The number of aryl methyl sites for hydroxylation is 1. The SMILES string of the molecule is CNc1ncc(Cl)cc1C(=O)N(CCc1ccc(Cl)c(Cl)c1)Cc1cc2c(s1)CCC(C)(C)C2. The van der Waals surface area contributed by atoms with Crippen molar-refractivity contribution in [3.63, 3.8) is 0 Å². The third-order valence-electron chi connectivity index (χ3n) is 6.26. The molecule has 1 aromatic carbocycles. The number of aromatic nitrogens is 1. The third-order valence-corrected chi connectivity index (χ3v) is 8.42. The summed E-state index contributed by atoms with van der Waals surface area (Å²) in [6.07, 6.45) is 5.58. The van der Waals surface area contributed by atoms with Crippen molar-refractivity contribution in [1.29, 1.82) is 0 Å². The molecule has 180 valence electrons. The summed E-state index contributed by atoms with van der Waals surface area (Å²) in [7, 11) is 1.75. The van der Waals surface area contributed by atoms with Crippen LogP contribution < -0.4 is 5.32 Å². The van der Waals surface area contributed by atoms with Gasteiger partial charge in [0.25, 0.3) is 5.91 Å². The van der Waals surface area contributed by atoms with E-state index in [4.69, 9.17) is 34.8 Å². The second-order valence-electron chi connectivity index (χ2n) is 9.53. The number of carbonyl (C=O) groups excluding carboxylic acids is 1. The van der Waals surface area contributed by atoms with Gasteiger partial charge < -0.3 is 10.2 Å². The standard InChI is InChI=1S/C26H28Cl3N3OS/c1-26(2)8-6-23-17(13-26)11-19(34-23)15-32(9-7-16-4-5-21(28)22(29)10-16)25(33)20-12-18(27)14-31-24(20)30-3/h4-5,10-12,14H,6-9,13,15H2,1-3H3,(H,30,31). The Morgan fingerprint density at radius 2 is 1.97 bits per heavy atom. The molecule has 1 amide bonds. The van der Waals surface area contributed by atoms with Crippen molar-refractivity contribution in [2.75, 3.05) is 18.9 Å². The highest BCUT2D eigenvalue weighted by Crippen LogP contribution is 2.39. The number of halogens is 3. The van der Waals surface area contributed by atoms with Crippen LogP contribution in [-0.4, -0.2) is 29.4 Å². The predicted molar refractivity (Wildman–Crippen MR) is 144 cm³/mol. The Balaban J connectivity index is 1.61. The molecule has 0 atom stereocenters. The first-order chi connectivity index (χ1) is 16.1. The van der Waals surface area contributed by atoms with E-state index in [-0.39, 0.29) is 5.91 Å². The molecule has 1 aliphatic carbocycles. The van der Waals surface area contributed by atoms with Crippen molar-refractivity contribution < 1.29 is 4.79 Å². The van der Waals surface area contributed by atoms with Crippen LogP contribution in [0.1, 0.15) is 51.5 Å². The van der Waals surface area contributed by atoms with Crippen molar-refractivity contribution in [2.45, 2.75) is 46.1 Å². The van der Waals surface area contributed by atoms with Gasteiger partial charge >= 0.3 is 0 Å². The highest BCUT2D eigenvalue weighted by molar-refractivity contribution is 7.12. The van der Waals surface area contributed by atoms with Crippen molar-refractivity contribution in [2.24, 2.45) is 5.41 Å². The molecule has 2 aromatic heterocycles. The molecule has 8 heteroatoms. The number of anilines is 1. The molecule has 1 aliphatic rings. The van der Waals surface area contributed by atoms with E-state index < -0.39 is 0 Å². The average molecular weight is 537 g/mol. The fourth-order valence-corrected chi connectivity index (χ4v) is 6.08. The lowest BCUT2D eigenvalue weighted by atomic mass is 9.77. The summed E-state index contributed by atoms with van der Waals surface area (Å²) in [6, 6.07) is 9.56. The fourth-order valence-electron chi connectivity index (χ4n) is 4.39. The lowest BCUT2D eigenvalue weighted by Crippen LogP contribution is -2.33. The summed E-state index contributed by atoms with van der Waals surface area (Å²) in [5.74, 6) is 0.410. The van der Waals surface area contributed by atoms with E-state index >= 15 is 0 Å². The van der Waals surface area contributed by atoms with E-state index in [9.17, 15) is 4.79 Å². The van der Waals surface area contributed by atoms with E-state index in [1.54, 1.807) is 25.4 Å². The van der Waals surface area contributed by atoms with Gasteiger partial charge in [-0.05, 0) is 66.5 Å². The summed E-state index contributed by atoms with van der Waals surface area (Å²) in [5, 5.41) is 4.48. The Morgan fingerprint density at radius 1 is 1.18 bits per heavy atom. The van der Waals surface area contributed by atoms with Crippen LogP contribution in [0, 0.1) is 5.41 Å². The number of nitrogens with one attached hydrogen (secondary N) is 1. The van der Waals surface area contributed by atoms with Crippen LogP contribution in [0.15, 0.2) is 36.5 Å². The molecule has 0 radical (unpaired) electrons. The zero-order valence-electron chi connectivity index (χ0n) is 19.6. The van der Waals surface area contributed by atoms with E-state index in [1.807, 2.05) is 28.4 Å². The smallest absolute Gasteiger partial charge is 0.257 e. The molecule has 34 heavy (non-hydrogen) atoms. The first kappa shape index (κ1) is 25.3. The van der Waals surface area contributed by atoms with E-state index in [0.717, 1.165) is 18.4 Å². The number of fused-ring (bicyclic) bond motifs is 1. The highest BCUT2D eigenvalue weighted by atomic mass is 35.5. The average Bonchev–Trinajstić information content (AvgIpc) is 3.18. The third kappa shape index (κ3) is 5.88. The van der Waals surface area contributed by atoms with Gasteiger partial charge in [-0.2, -0.15) is 0 Å². The molecule has 4 rings (SSSR count). The maximum Gasteiger partial charge on any atom is 0.257 e. The van der Waals surface area contributed by atoms with Crippen LogP contribution in [0.2, 0.25) is 15.1 Å². The quantitative estimate of drug-likeness (QED) is 0.339. The molecule has 4 nitrogen and oxygen atoms in total. The zero-order chi connectivity index (χ0) is 24.5. The number of hydrogen-bond donors (Lipinski definition) is 1. The fraction of sp³-hybridized carbons (Fsp3) is 0.385. The zero-order valence-corrected chi connectivity index (χ0v) is 22.6. The maximum absolute atomic E-state index is 13.7. The number of pyridine rings is 1. The van der Waals surface area contributed by atoms with Crippen LogP contribution in [0.4, 0.5) is 5.82 Å². The Morgan fingerprint density at radius 3 is 2.71 bits per heavy atom. The van der Waals surface area contributed by atoms with Gasteiger partial charge in [-0.25, -0.2) is 4.98 Å². The van der Waals surface area contributed by atoms with Gasteiger partial charge in [0.1, 0.15) is 5.82 Å². The number of thiophene rings is 1. The lowest BCUT2D eigenvalue weighted by molar-refractivity contribution is 0.0747. The van der Waals surface area contributed by atoms with Gasteiger partial charge in [0.05, 0.1) is 27.2 Å². The molecule has 0 spiro atoms. The monoisotopic (exact) mass is 535 g/mol. The number of carbonyl (C=O) groups is 1. The molecule has 0 aliphatic heterocycles. The molecule has 0 fully saturated rings. The molecule has 0 unspecified atom stereocenters. The Bertz CT molecular complexity index is 1210. The second kappa shape index (κ2) is 10.4. The first-order valence-corrected chi connectivity index (χ1v) is 13.3. The second-order valence-corrected chi connectivity index (χ2v) is 12.0. The molecular formula is C26H28Cl3N3OS. The van der Waals surface area contributed by atoms with Gasteiger partial charge in [-0.1, -0.05) is 54.7 Å². The molecular weight excluding hydrogens is 509 g/mol. The van der Waals surface area contributed by atoms with Gasteiger partial charge in [0, 0.05) is 29.5 Å². The van der Waals surface area contributed by atoms with Crippen LogP contribution >= 0.6 is 46.1 Å². The van der Waals surface area contributed by atoms with Crippen LogP contribution in [0.3, 0.4) is 0 Å². The summed E-state index contributed by atoms with van der Waals surface area (Å²) in [4.78, 5) is 22.5. The summed E-state index contributed by atoms with van der Waals surface area (Å²) >= 11 is 20.3. The molecule has 2 heterocycles. The van der Waals surface area contributed by atoms with Crippen LogP contribution in [-0.2, 0) is 25.8 Å². The van der Waals surface area contributed by atoms with E-state index in [0.29, 0.717) is 51.4 Å². The summed E-state index contributed by atoms with van der Waals surface area (Å²) in [6.45, 7) is 5.71. The molecule has 3 aromatic rings. The Labute approximate surface area is 220 Å². The normalized spacial score (nSPS) is 14.5. The number of nitrogens with zero attached hydrogens (tertiary/aromatic N) is 2. The molecule has 0 bridgehead atoms. The van der Waals surface area contributed by atoms with Crippen molar-refractivity contribution in [1.82, 2.24) is 9.88 Å². The minimum Gasteiger partial charge on any atom is -0.372 e. The first-order valence-electron chi connectivity index (χ1n) is 11.3. The lowest BCUT2D eigenvalue weighted by Gasteiger charge is -2.29. The number of amides is 1. The minimum absolute atomic E-state index is 0.105. The topological polar surface area (TPSA) is 45.2 Å². The van der Waals surface area contributed by atoms with Gasteiger partial charge in [0.15, 0.2) is 0 Å². The Hall–Kier alpha value is -1.79. The largest absolute Gasteiger partial charge is 0.372 e. The van der Waals surface area contributed by atoms with Gasteiger partial charge in [0.2, 0.25) is 0 Å². The molecule has 0 saturated carbocycles. The molecule has 0 saturated heterocycles. The minimum atomic E-state index is -0.105. The van der Waals surface area contributed by atoms with Gasteiger partial charge in [-0.3, -0.25) is 4.79 Å². The Kier molecular flexibility index (Phi) is 7.78. The van der Waals surface area contributed by atoms with Crippen LogP contribution in [0.25, 0.3) is 0 Å². The predicted octanol–water partition coefficient (Wildman–Crippen LogP) is 7.55. The number of hydrogen-bond acceptors (Lipinski definition) is 4. The van der Waals surface area contributed by atoms with Crippen molar-refractivity contribution in [3.8, 4) is 0 Å². The van der Waals surface area contributed by atoms with Crippen molar-refractivity contribution >= 4 is 57.9 Å². The van der Waals surface area contributed by atoms with Gasteiger partial charge in [-0.15, -0.1) is 11.3 Å². The molecule has 1 N–H and O–H groups in total.